The third-order valence-corrected chi connectivity index (χ3v) is 20.6. The third kappa shape index (κ3) is 11.4. The summed E-state index contributed by atoms with van der Waals surface area (Å²) in [7, 11) is -1.53. The first-order valence-electron chi connectivity index (χ1n) is 34.4. The summed E-state index contributed by atoms with van der Waals surface area (Å²) in [6.07, 6.45) is 0. The van der Waals surface area contributed by atoms with E-state index in [1.165, 1.54) is 110 Å². The number of fused-ring (bicyclic) bond motifs is 12. The molecule has 20 rings (SSSR count). The molecule has 18 aromatic carbocycles. The van der Waals surface area contributed by atoms with E-state index in [-0.39, 0.29) is 0 Å². The van der Waals surface area contributed by atoms with Gasteiger partial charge in [0.1, 0.15) is 22.3 Å². The largest absolute Gasteiger partial charge is 0.489 e. The summed E-state index contributed by atoms with van der Waals surface area (Å²) >= 11 is 3.49. The lowest BCUT2D eigenvalue weighted by Gasteiger charge is -2.18. The molecule has 0 saturated carbocycles. The van der Waals surface area contributed by atoms with Crippen molar-refractivity contribution in [3.63, 3.8) is 0 Å². The summed E-state index contributed by atoms with van der Waals surface area (Å²) in [6, 6.07) is 128. The van der Waals surface area contributed by atoms with Crippen LogP contribution in [0.1, 0.15) is 0 Å². The molecule has 0 aliphatic heterocycles. The van der Waals surface area contributed by atoms with E-state index >= 15 is 0 Å². The molecule has 0 bridgehead atoms. The fourth-order valence-electron chi connectivity index (χ4n) is 15.2. The smallest absolute Gasteiger partial charge is 0.456 e. The number of furan rings is 2. The lowest BCUT2D eigenvalue weighted by atomic mass is 9.72. The van der Waals surface area contributed by atoms with Gasteiger partial charge < -0.3 is 18.9 Å². The van der Waals surface area contributed by atoms with E-state index in [0.717, 1.165) is 81.2 Å². The van der Waals surface area contributed by atoms with Gasteiger partial charge in [0, 0.05) is 26.0 Å². The maximum atomic E-state index is 10.1. The molecule has 2 heterocycles. The highest BCUT2D eigenvalue weighted by molar-refractivity contribution is 9.10. The summed E-state index contributed by atoms with van der Waals surface area (Å²) in [5.74, 6) is 0. The van der Waals surface area contributed by atoms with Crippen LogP contribution in [0.4, 0.5) is 0 Å². The van der Waals surface area contributed by atoms with Crippen LogP contribution >= 0.6 is 15.9 Å². The predicted molar refractivity (Wildman–Crippen MR) is 434 cm³/mol. The second kappa shape index (κ2) is 26.4. The van der Waals surface area contributed by atoms with Crippen molar-refractivity contribution < 1.29 is 18.9 Å². The van der Waals surface area contributed by atoms with Gasteiger partial charge in [0.25, 0.3) is 0 Å². The van der Waals surface area contributed by atoms with Crippen LogP contribution in [0.15, 0.2) is 377 Å². The Labute approximate surface area is 598 Å². The van der Waals surface area contributed by atoms with Crippen molar-refractivity contribution in [2.75, 3.05) is 0 Å². The Morgan fingerprint density at radius 2 is 0.471 bits per heavy atom. The van der Waals surface area contributed by atoms with Gasteiger partial charge in [0.15, 0.2) is 0 Å². The zero-order chi connectivity index (χ0) is 68.2. The summed E-state index contributed by atoms with van der Waals surface area (Å²) in [4.78, 5) is 0. The van der Waals surface area contributed by atoms with Crippen molar-refractivity contribution in [3.8, 4) is 77.9 Å². The molecular weight excluding hydrogens is 1310 g/mol. The van der Waals surface area contributed by atoms with E-state index in [2.05, 4.69) is 325 Å². The normalized spacial score (nSPS) is 11.5. The standard InChI is InChI=1S/C48H30O.C26H19BO2.C22H13BrO/c1-2-11-31(12-3-1)34-15-10-16-38(27-34)48-41-19-8-6-17-39(41)47(40-18-7-9-20-42(40)48)33-23-21-32(22-24-33)37-25-26-45-43(29-37)44-28-35-13-4-5-14-36(35)30-46(44)49-45;28-27(29)26-23-15-6-4-13-21(23)25(22-14-5-7-16-24(22)26)20-12-8-11-19(17-20)18-9-2-1-3-10-18;23-18-8-5-14(6-9-18)17-7-10-21-19(12-17)20-11-15-3-1-2-4-16(15)13-22(20)24-21/h1-30H;1-17,28-29H;1-13H. The molecule has 2 N–H and O–H groups in total. The van der Waals surface area contributed by atoms with Crippen LogP contribution in [0, 0.1) is 0 Å². The van der Waals surface area contributed by atoms with Gasteiger partial charge in [-0.2, -0.15) is 0 Å². The topological polar surface area (TPSA) is 66.7 Å². The van der Waals surface area contributed by atoms with E-state index in [4.69, 9.17) is 8.83 Å². The Hall–Kier alpha value is -12.4. The van der Waals surface area contributed by atoms with Crippen LogP contribution in [0.25, 0.3) is 186 Å². The minimum atomic E-state index is -1.53. The first-order chi connectivity index (χ1) is 50.3. The molecule has 0 atom stereocenters. The SMILES string of the molecule is Brc1ccc(-c2ccc3oc4cc5ccccc5cc4c3c2)cc1.OB(O)c1c2ccccc2c(-c2cccc(-c3ccccc3)c2)c2ccccc12.c1ccc(-c2cccc(-c3c4ccccc4c(-c4ccc(-c5ccc6oc7cc8ccccc8cc7c6c5)cc4)c4ccccc34)c2)cc1. The minimum Gasteiger partial charge on any atom is -0.456 e. The van der Waals surface area contributed by atoms with E-state index in [1.807, 2.05) is 54.6 Å². The molecule has 0 amide bonds. The predicted octanol–water partition coefficient (Wildman–Crippen LogP) is 25.9. The maximum absolute atomic E-state index is 10.1. The molecule has 20 aromatic rings. The summed E-state index contributed by atoms with van der Waals surface area (Å²) in [5, 5.41) is 38.5. The van der Waals surface area contributed by atoms with Crippen molar-refractivity contribution in [2.24, 2.45) is 0 Å². The number of hydrogen-bond donors (Lipinski definition) is 2. The molecule has 0 saturated heterocycles. The molecular formula is C96H62BBrO4. The second-order valence-corrected chi connectivity index (χ2v) is 27.0. The average molecular weight is 1370 g/mol. The number of rotatable bonds is 8. The summed E-state index contributed by atoms with van der Waals surface area (Å²) in [6.45, 7) is 0. The van der Waals surface area contributed by atoms with Crippen molar-refractivity contribution in [1.82, 2.24) is 0 Å². The molecule has 0 aliphatic carbocycles. The highest BCUT2D eigenvalue weighted by atomic mass is 79.9. The molecule has 0 fully saturated rings. The lowest BCUT2D eigenvalue weighted by Crippen LogP contribution is -2.31. The molecule has 2 aromatic heterocycles. The van der Waals surface area contributed by atoms with Gasteiger partial charge >= 0.3 is 7.12 Å². The van der Waals surface area contributed by atoms with Crippen LogP contribution in [-0.2, 0) is 0 Å². The van der Waals surface area contributed by atoms with Gasteiger partial charge in [0.2, 0.25) is 0 Å². The zero-order valence-corrected chi connectivity index (χ0v) is 56.9. The van der Waals surface area contributed by atoms with Gasteiger partial charge in [-0.05, 0) is 221 Å². The highest BCUT2D eigenvalue weighted by Crippen LogP contribution is 2.46. The molecule has 480 valence electrons. The monoisotopic (exact) mass is 1370 g/mol. The van der Waals surface area contributed by atoms with E-state index < -0.39 is 7.12 Å². The summed E-state index contributed by atoms with van der Waals surface area (Å²) < 4.78 is 13.4. The van der Waals surface area contributed by atoms with Crippen molar-refractivity contribution in [1.29, 1.82) is 0 Å². The molecule has 0 unspecified atom stereocenters. The third-order valence-electron chi connectivity index (χ3n) is 20.0. The van der Waals surface area contributed by atoms with Gasteiger partial charge in [0.05, 0.1) is 0 Å². The van der Waals surface area contributed by atoms with Crippen LogP contribution in [0.5, 0.6) is 0 Å². The fourth-order valence-corrected chi connectivity index (χ4v) is 15.5. The molecule has 0 spiro atoms. The Morgan fingerprint density at radius 1 is 0.196 bits per heavy atom. The Morgan fingerprint density at radius 3 is 0.873 bits per heavy atom. The quantitative estimate of drug-likeness (QED) is 0.118. The van der Waals surface area contributed by atoms with Gasteiger partial charge in [-0.1, -0.05) is 307 Å². The van der Waals surface area contributed by atoms with Crippen LogP contribution in [-0.4, -0.2) is 17.2 Å². The van der Waals surface area contributed by atoms with Crippen molar-refractivity contribution in [3.05, 3.63) is 368 Å². The number of halogens is 1. The van der Waals surface area contributed by atoms with E-state index in [0.29, 0.717) is 5.46 Å². The maximum Gasteiger partial charge on any atom is 0.489 e. The fraction of sp³-hybridized carbons (Fsp3) is 0. The van der Waals surface area contributed by atoms with E-state index in [1.54, 1.807) is 0 Å². The van der Waals surface area contributed by atoms with Crippen molar-refractivity contribution >= 4 is 137 Å². The highest BCUT2D eigenvalue weighted by Gasteiger charge is 2.23. The van der Waals surface area contributed by atoms with Crippen LogP contribution in [0.3, 0.4) is 0 Å². The van der Waals surface area contributed by atoms with Crippen LogP contribution < -0.4 is 5.46 Å². The first-order valence-corrected chi connectivity index (χ1v) is 35.2. The minimum absolute atomic E-state index is 0.555. The first kappa shape index (κ1) is 61.9. The number of hydrogen-bond acceptors (Lipinski definition) is 4. The van der Waals surface area contributed by atoms with Crippen LogP contribution in [0.2, 0.25) is 0 Å². The Balaban J connectivity index is 0.000000119. The molecule has 0 aliphatic rings. The lowest BCUT2D eigenvalue weighted by molar-refractivity contribution is 0.426. The van der Waals surface area contributed by atoms with Gasteiger partial charge in [-0.3, -0.25) is 0 Å². The van der Waals surface area contributed by atoms with Crippen molar-refractivity contribution in [2.45, 2.75) is 0 Å². The summed E-state index contributed by atoms with van der Waals surface area (Å²) in [5.41, 5.74) is 21.0. The Bertz CT molecular complexity index is 6480. The molecule has 0 radical (unpaired) electrons. The van der Waals surface area contributed by atoms with Gasteiger partial charge in [-0.25, -0.2) is 0 Å². The number of benzene rings is 18. The average Bonchev–Trinajstić information content (AvgIpc) is 1.05. The second-order valence-electron chi connectivity index (χ2n) is 26.1. The molecule has 6 heteroatoms. The molecule has 102 heavy (non-hydrogen) atoms. The van der Waals surface area contributed by atoms with Gasteiger partial charge in [-0.15, -0.1) is 0 Å². The Kier molecular flexibility index (Phi) is 16.0. The zero-order valence-electron chi connectivity index (χ0n) is 55.3. The van der Waals surface area contributed by atoms with E-state index in [9.17, 15) is 10.0 Å². The molecule has 4 nitrogen and oxygen atoms in total.